The van der Waals surface area contributed by atoms with Crippen LogP contribution in [0.15, 0.2) is 0 Å². The van der Waals surface area contributed by atoms with Gasteiger partial charge in [0, 0.05) is 6.04 Å². The van der Waals surface area contributed by atoms with Crippen molar-refractivity contribution in [1.82, 2.24) is 25.1 Å². The van der Waals surface area contributed by atoms with Gasteiger partial charge in [-0.1, -0.05) is 6.42 Å². The van der Waals surface area contributed by atoms with E-state index in [0.29, 0.717) is 6.04 Å². The van der Waals surface area contributed by atoms with Crippen molar-refractivity contribution in [1.29, 1.82) is 0 Å². The molecule has 1 N–H and O–H groups in total. The van der Waals surface area contributed by atoms with E-state index in [1.54, 1.807) is 7.05 Å². The zero-order chi connectivity index (χ0) is 12.3. The Balaban J connectivity index is 1.96. The van der Waals surface area contributed by atoms with Crippen LogP contribution in [0, 0.1) is 0 Å². The minimum absolute atomic E-state index is 0.240. The summed E-state index contributed by atoms with van der Waals surface area (Å²) < 4.78 is 0. The molecule has 0 radical (unpaired) electrons. The number of aliphatic hydroxyl groups excluding tert-OH is 1. The zero-order valence-corrected chi connectivity index (χ0v) is 10.6. The number of aryl methyl sites for hydroxylation is 1. The molecule has 17 heavy (non-hydrogen) atoms. The van der Waals surface area contributed by atoms with E-state index in [-0.39, 0.29) is 6.10 Å². The molecule has 2 unspecified atom stereocenters. The van der Waals surface area contributed by atoms with Gasteiger partial charge in [0.05, 0.1) is 19.7 Å². The number of aromatic nitrogens is 4. The lowest BCUT2D eigenvalue weighted by Crippen LogP contribution is -2.40. The highest BCUT2D eigenvalue weighted by atomic mass is 16.3. The van der Waals surface area contributed by atoms with Crippen LogP contribution in [-0.4, -0.2) is 48.9 Å². The number of hydrogen-bond donors (Lipinski definition) is 1. The molecule has 0 aliphatic carbocycles. The van der Waals surface area contributed by atoms with Crippen molar-refractivity contribution in [3.8, 4) is 0 Å². The van der Waals surface area contributed by atoms with Crippen molar-refractivity contribution in [2.24, 2.45) is 7.05 Å². The van der Waals surface area contributed by atoms with Gasteiger partial charge in [0.15, 0.2) is 5.82 Å². The molecule has 96 valence electrons. The number of rotatable bonds is 4. The lowest BCUT2D eigenvalue weighted by molar-refractivity contribution is 0.0799. The first-order valence-electron chi connectivity index (χ1n) is 6.30. The molecular weight excluding hydrogens is 218 g/mol. The van der Waals surface area contributed by atoms with Crippen LogP contribution in [-0.2, 0) is 13.6 Å². The number of hydrogen-bond acceptors (Lipinski definition) is 5. The van der Waals surface area contributed by atoms with Crippen LogP contribution in [0.25, 0.3) is 0 Å². The van der Waals surface area contributed by atoms with Gasteiger partial charge in [-0.2, -0.15) is 4.80 Å². The minimum atomic E-state index is -0.240. The fourth-order valence-corrected chi connectivity index (χ4v) is 2.50. The van der Waals surface area contributed by atoms with Crippen molar-refractivity contribution >= 4 is 0 Å². The lowest BCUT2D eigenvalue weighted by Gasteiger charge is -2.35. The summed E-state index contributed by atoms with van der Waals surface area (Å²) >= 11 is 0. The topological polar surface area (TPSA) is 67.1 Å². The molecule has 0 bridgehead atoms. The second kappa shape index (κ2) is 5.55. The molecule has 1 saturated heterocycles. The van der Waals surface area contributed by atoms with Crippen molar-refractivity contribution in [3.05, 3.63) is 5.82 Å². The van der Waals surface area contributed by atoms with Gasteiger partial charge in [-0.3, -0.25) is 4.90 Å². The fourth-order valence-electron chi connectivity index (χ4n) is 2.50. The zero-order valence-electron chi connectivity index (χ0n) is 10.6. The number of tetrazole rings is 1. The number of piperidine rings is 1. The van der Waals surface area contributed by atoms with Crippen LogP contribution in [0.1, 0.15) is 38.4 Å². The third kappa shape index (κ3) is 3.47. The highest BCUT2D eigenvalue weighted by Crippen LogP contribution is 2.22. The molecule has 0 spiro atoms. The average molecular weight is 239 g/mol. The highest BCUT2D eigenvalue weighted by molar-refractivity contribution is 4.84. The van der Waals surface area contributed by atoms with Gasteiger partial charge in [0.25, 0.3) is 0 Å². The second-order valence-electron chi connectivity index (χ2n) is 4.90. The molecule has 1 aromatic rings. The predicted octanol–water partition coefficient (Wildman–Crippen LogP) is 0.335. The SMILES string of the molecule is CC(O)CC1CCCCN1Cc1nnn(C)n1. The Morgan fingerprint density at radius 2 is 2.29 bits per heavy atom. The van der Waals surface area contributed by atoms with E-state index in [0.717, 1.165) is 31.8 Å². The summed E-state index contributed by atoms with van der Waals surface area (Å²) in [5.74, 6) is 0.769. The van der Waals surface area contributed by atoms with Crippen molar-refractivity contribution in [2.45, 2.75) is 51.3 Å². The van der Waals surface area contributed by atoms with Crippen LogP contribution in [0.4, 0.5) is 0 Å². The summed E-state index contributed by atoms with van der Waals surface area (Å²) in [4.78, 5) is 3.86. The van der Waals surface area contributed by atoms with E-state index >= 15 is 0 Å². The summed E-state index contributed by atoms with van der Waals surface area (Å²) in [5.41, 5.74) is 0. The smallest absolute Gasteiger partial charge is 0.188 e. The summed E-state index contributed by atoms with van der Waals surface area (Å²) in [6.07, 6.45) is 4.22. The molecule has 1 aromatic heterocycles. The maximum absolute atomic E-state index is 9.52. The number of likely N-dealkylation sites (tertiary alicyclic amines) is 1. The predicted molar refractivity (Wildman–Crippen MR) is 63.1 cm³/mol. The maximum atomic E-state index is 9.52. The van der Waals surface area contributed by atoms with E-state index in [4.69, 9.17) is 0 Å². The van der Waals surface area contributed by atoms with E-state index in [1.165, 1.54) is 17.6 Å². The molecule has 6 nitrogen and oxygen atoms in total. The fraction of sp³-hybridized carbons (Fsp3) is 0.909. The molecule has 0 aromatic carbocycles. The molecular formula is C11H21N5O. The monoisotopic (exact) mass is 239 g/mol. The third-order valence-corrected chi connectivity index (χ3v) is 3.26. The normalized spacial score (nSPS) is 23.8. The standard InChI is InChI=1S/C11H21N5O/c1-9(17)7-10-5-3-4-6-16(10)8-11-12-14-15(2)13-11/h9-10,17H,3-8H2,1-2H3. The first kappa shape index (κ1) is 12.4. The Kier molecular flexibility index (Phi) is 4.06. The molecule has 0 amide bonds. The van der Waals surface area contributed by atoms with Gasteiger partial charge in [-0.15, -0.1) is 10.2 Å². The molecule has 0 saturated carbocycles. The van der Waals surface area contributed by atoms with Crippen molar-refractivity contribution < 1.29 is 5.11 Å². The molecule has 6 heteroatoms. The average Bonchev–Trinajstić information content (AvgIpc) is 2.66. The van der Waals surface area contributed by atoms with Gasteiger partial charge in [0.2, 0.25) is 0 Å². The van der Waals surface area contributed by atoms with Crippen LogP contribution in [0.2, 0.25) is 0 Å². The summed E-state index contributed by atoms with van der Waals surface area (Å²) in [6, 6.07) is 0.451. The van der Waals surface area contributed by atoms with Crippen molar-refractivity contribution in [2.75, 3.05) is 6.54 Å². The van der Waals surface area contributed by atoms with E-state index < -0.39 is 0 Å². The van der Waals surface area contributed by atoms with Gasteiger partial charge in [-0.05, 0) is 37.9 Å². The van der Waals surface area contributed by atoms with Crippen LogP contribution < -0.4 is 0 Å². The molecule has 1 fully saturated rings. The van der Waals surface area contributed by atoms with Crippen LogP contribution >= 0.6 is 0 Å². The molecule has 2 heterocycles. The first-order valence-corrected chi connectivity index (χ1v) is 6.30. The summed E-state index contributed by atoms with van der Waals surface area (Å²) in [5, 5.41) is 21.6. The quantitative estimate of drug-likeness (QED) is 0.820. The minimum Gasteiger partial charge on any atom is -0.393 e. The lowest BCUT2D eigenvalue weighted by atomic mass is 9.97. The Morgan fingerprint density at radius 1 is 1.47 bits per heavy atom. The third-order valence-electron chi connectivity index (χ3n) is 3.26. The Bertz CT molecular complexity index is 351. The van der Waals surface area contributed by atoms with Gasteiger partial charge < -0.3 is 5.11 Å². The largest absolute Gasteiger partial charge is 0.393 e. The van der Waals surface area contributed by atoms with Gasteiger partial charge in [-0.25, -0.2) is 0 Å². The molecule has 1 aliphatic heterocycles. The van der Waals surface area contributed by atoms with Crippen molar-refractivity contribution in [3.63, 3.8) is 0 Å². The van der Waals surface area contributed by atoms with Crippen LogP contribution in [0.3, 0.4) is 0 Å². The van der Waals surface area contributed by atoms with E-state index in [1.807, 2.05) is 6.92 Å². The Morgan fingerprint density at radius 3 is 2.94 bits per heavy atom. The molecule has 1 aliphatic rings. The number of nitrogens with zero attached hydrogens (tertiary/aromatic N) is 5. The second-order valence-corrected chi connectivity index (χ2v) is 4.90. The van der Waals surface area contributed by atoms with Gasteiger partial charge in [0.1, 0.15) is 0 Å². The van der Waals surface area contributed by atoms with Crippen LogP contribution in [0.5, 0.6) is 0 Å². The van der Waals surface area contributed by atoms with E-state index in [9.17, 15) is 5.11 Å². The molecule has 2 atom stereocenters. The molecule has 2 rings (SSSR count). The summed E-state index contributed by atoms with van der Waals surface area (Å²) in [6.45, 7) is 3.66. The summed E-state index contributed by atoms with van der Waals surface area (Å²) in [7, 11) is 1.78. The van der Waals surface area contributed by atoms with E-state index in [2.05, 4.69) is 20.3 Å². The maximum Gasteiger partial charge on any atom is 0.188 e. The number of aliphatic hydroxyl groups is 1. The van der Waals surface area contributed by atoms with Gasteiger partial charge >= 0.3 is 0 Å². The Labute approximate surface area is 102 Å². The highest BCUT2D eigenvalue weighted by Gasteiger charge is 2.24. The Hall–Kier alpha value is -1.01. The first-order chi connectivity index (χ1) is 8.15.